The van der Waals surface area contributed by atoms with E-state index in [2.05, 4.69) is 6.92 Å². The zero-order valence-electron chi connectivity index (χ0n) is 16.3. The molecule has 2 aliphatic carbocycles. The van der Waals surface area contributed by atoms with Crippen LogP contribution in [0.4, 0.5) is 13.2 Å². The SMILES string of the molecule is CCCCCC[C@H]1CC[C@H](c2ccccc2C2(F)C=C(F)CC=C2F)CC1. The Balaban J connectivity index is 1.71. The van der Waals surface area contributed by atoms with Crippen LogP contribution in [-0.2, 0) is 5.67 Å². The van der Waals surface area contributed by atoms with Crippen LogP contribution in [0.1, 0.15) is 88.2 Å². The summed E-state index contributed by atoms with van der Waals surface area (Å²) in [6, 6.07) is 7.11. The molecular weight excluding hydrogens is 345 g/mol. The van der Waals surface area contributed by atoms with Crippen molar-refractivity contribution in [3.8, 4) is 0 Å². The fourth-order valence-electron chi connectivity index (χ4n) is 4.69. The van der Waals surface area contributed by atoms with Crippen LogP contribution in [0, 0.1) is 5.92 Å². The van der Waals surface area contributed by atoms with Gasteiger partial charge in [-0.15, -0.1) is 0 Å². The second-order valence-electron chi connectivity index (χ2n) is 8.21. The van der Waals surface area contributed by atoms with Gasteiger partial charge in [0, 0.05) is 12.0 Å². The topological polar surface area (TPSA) is 0 Å². The number of unbranched alkanes of at least 4 members (excludes halogenated alkanes) is 3. The van der Waals surface area contributed by atoms with Crippen molar-refractivity contribution in [2.45, 2.75) is 82.7 Å². The van der Waals surface area contributed by atoms with Crippen LogP contribution in [0.3, 0.4) is 0 Å². The molecule has 3 rings (SSSR count). The van der Waals surface area contributed by atoms with Gasteiger partial charge in [-0.05, 0) is 55.2 Å². The van der Waals surface area contributed by atoms with E-state index in [0.29, 0.717) is 0 Å². The van der Waals surface area contributed by atoms with Crippen LogP contribution in [0.15, 0.2) is 48.1 Å². The molecule has 1 fully saturated rings. The van der Waals surface area contributed by atoms with Gasteiger partial charge in [-0.3, -0.25) is 0 Å². The van der Waals surface area contributed by atoms with Gasteiger partial charge in [-0.25, -0.2) is 13.2 Å². The maximum absolute atomic E-state index is 15.5. The highest BCUT2D eigenvalue weighted by Crippen LogP contribution is 2.47. The predicted molar refractivity (Wildman–Crippen MR) is 106 cm³/mol. The van der Waals surface area contributed by atoms with Crippen LogP contribution in [0.25, 0.3) is 0 Å². The Kier molecular flexibility index (Phi) is 6.83. The van der Waals surface area contributed by atoms with E-state index in [9.17, 15) is 8.78 Å². The third-order valence-electron chi connectivity index (χ3n) is 6.28. The van der Waals surface area contributed by atoms with Gasteiger partial charge in [0.2, 0.25) is 5.67 Å². The molecule has 0 heterocycles. The Morgan fingerprint density at radius 2 is 1.74 bits per heavy atom. The van der Waals surface area contributed by atoms with Gasteiger partial charge >= 0.3 is 0 Å². The average Bonchev–Trinajstić information content (AvgIpc) is 2.69. The molecule has 27 heavy (non-hydrogen) atoms. The lowest BCUT2D eigenvalue weighted by Gasteiger charge is -2.33. The van der Waals surface area contributed by atoms with Crippen molar-refractivity contribution in [2.24, 2.45) is 5.92 Å². The van der Waals surface area contributed by atoms with E-state index < -0.39 is 17.3 Å². The number of alkyl halides is 1. The van der Waals surface area contributed by atoms with Crippen LogP contribution in [0.5, 0.6) is 0 Å². The van der Waals surface area contributed by atoms with Crippen LogP contribution in [0.2, 0.25) is 0 Å². The highest BCUT2D eigenvalue weighted by Gasteiger charge is 2.41. The fraction of sp³-hybridized carbons (Fsp3) is 0.583. The van der Waals surface area contributed by atoms with Crippen molar-refractivity contribution in [1.82, 2.24) is 0 Å². The van der Waals surface area contributed by atoms with Gasteiger partial charge < -0.3 is 0 Å². The smallest absolute Gasteiger partial charge is 0.207 e. The first-order valence-corrected chi connectivity index (χ1v) is 10.6. The van der Waals surface area contributed by atoms with E-state index in [0.717, 1.165) is 49.3 Å². The molecule has 1 aromatic rings. The quantitative estimate of drug-likeness (QED) is 0.421. The molecule has 0 radical (unpaired) electrons. The molecule has 0 nitrogen and oxygen atoms in total. The zero-order chi connectivity index (χ0) is 19.3. The van der Waals surface area contributed by atoms with Crippen LogP contribution < -0.4 is 0 Å². The number of rotatable bonds is 7. The van der Waals surface area contributed by atoms with Crippen LogP contribution in [-0.4, -0.2) is 0 Å². The Hall–Kier alpha value is -1.51. The second kappa shape index (κ2) is 9.12. The standard InChI is InChI=1S/C24H31F3/c1-2-3-4-5-8-18-11-13-19(14-12-18)21-9-6-7-10-22(21)24(27)17-20(25)15-16-23(24)26/h6-7,9-10,16-19H,2-5,8,11-15H2,1H3/t18-,19-,24?. The molecule has 3 heteroatoms. The number of hydrogen-bond donors (Lipinski definition) is 0. The number of allylic oxidation sites excluding steroid dienone is 4. The molecule has 148 valence electrons. The van der Waals surface area contributed by atoms with E-state index >= 15 is 4.39 Å². The van der Waals surface area contributed by atoms with Crippen molar-refractivity contribution < 1.29 is 13.2 Å². The minimum Gasteiger partial charge on any atom is -0.226 e. The summed E-state index contributed by atoms with van der Waals surface area (Å²) in [5.41, 5.74) is -1.34. The largest absolute Gasteiger partial charge is 0.226 e. The third-order valence-corrected chi connectivity index (χ3v) is 6.28. The summed E-state index contributed by atoms with van der Waals surface area (Å²) >= 11 is 0. The van der Waals surface area contributed by atoms with Crippen molar-refractivity contribution >= 4 is 0 Å². The Morgan fingerprint density at radius 3 is 2.48 bits per heavy atom. The predicted octanol–water partition coefficient (Wildman–Crippen LogP) is 8.21. The van der Waals surface area contributed by atoms with Crippen molar-refractivity contribution in [3.63, 3.8) is 0 Å². The Bertz CT molecular complexity index is 683. The highest BCUT2D eigenvalue weighted by molar-refractivity contribution is 5.45. The molecule has 0 bridgehead atoms. The molecule has 0 amide bonds. The summed E-state index contributed by atoms with van der Waals surface area (Å²) in [5, 5.41) is 0. The fourth-order valence-corrected chi connectivity index (χ4v) is 4.69. The molecule has 1 aromatic carbocycles. The van der Waals surface area contributed by atoms with Crippen molar-refractivity contribution in [2.75, 3.05) is 0 Å². The molecule has 0 aliphatic heterocycles. The van der Waals surface area contributed by atoms with Gasteiger partial charge in [0.15, 0.2) is 0 Å². The maximum Gasteiger partial charge on any atom is 0.207 e. The van der Waals surface area contributed by atoms with E-state index in [4.69, 9.17) is 0 Å². The summed E-state index contributed by atoms with van der Waals surface area (Å²) < 4.78 is 43.6. The highest BCUT2D eigenvalue weighted by atomic mass is 19.2. The molecule has 0 N–H and O–H groups in total. The summed E-state index contributed by atoms with van der Waals surface area (Å²) in [5.74, 6) is -0.509. The molecule has 0 spiro atoms. The van der Waals surface area contributed by atoms with Crippen molar-refractivity contribution in [3.05, 3.63) is 59.2 Å². The van der Waals surface area contributed by atoms with E-state index in [1.54, 1.807) is 12.1 Å². The number of benzene rings is 1. The molecule has 1 atom stereocenters. The summed E-state index contributed by atoms with van der Waals surface area (Å²) in [7, 11) is 0. The third kappa shape index (κ3) is 4.67. The van der Waals surface area contributed by atoms with E-state index in [-0.39, 0.29) is 17.9 Å². The van der Waals surface area contributed by atoms with Gasteiger partial charge in [0.1, 0.15) is 11.7 Å². The lowest BCUT2D eigenvalue weighted by Crippen LogP contribution is -2.25. The second-order valence-corrected chi connectivity index (χ2v) is 8.21. The molecule has 0 aromatic heterocycles. The molecule has 1 saturated carbocycles. The average molecular weight is 377 g/mol. The molecule has 1 unspecified atom stereocenters. The first-order valence-electron chi connectivity index (χ1n) is 10.6. The lowest BCUT2D eigenvalue weighted by atomic mass is 9.74. The van der Waals surface area contributed by atoms with E-state index in [1.165, 1.54) is 32.1 Å². The van der Waals surface area contributed by atoms with Gasteiger partial charge in [-0.2, -0.15) is 0 Å². The first-order chi connectivity index (χ1) is 13.0. The number of hydrogen-bond acceptors (Lipinski definition) is 0. The summed E-state index contributed by atoms with van der Waals surface area (Å²) in [6.07, 6.45) is 12.4. The number of halogens is 3. The van der Waals surface area contributed by atoms with Gasteiger partial charge in [0.25, 0.3) is 0 Å². The molecule has 0 saturated heterocycles. The van der Waals surface area contributed by atoms with Gasteiger partial charge in [0.05, 0.1) is 0 Å². The molecule has 2 aliphatic rings. The van der Waals surface area contributed by atoms with Crippen molar-refractivity contribution in [1.29, 1.82) is 0 Å². The normalized spacial score (nSPS) is 28.6. The summed E-state index contributed by atoms with van der Waals surface area (Å²) in [4.78, 5) is 0. The van der Waals surface area contributed by atoms with Crippen LogP contribution >= 0.6 is 0 Å². The Morgan fingerprint density at radius 1 is 1.00 bits per heavy atom. The minimum absolute atomic E-state index is 0.164. The van der Waals surface area contributed by atoms with E-state index in [1.807, 2.05) is 12.1 Å². The monoisotopic (exact) mass is 376 g/mol. The lowest BCUT2D eigenvalue weighted by molar-refractivity contribution is 0.223. The Labute approximate surface area is 161 Å². The van der Waals surface area contributed by atoms with Gasteiger partial charge in [-0.1, -0.05) is 63.3 Å². The zero-order valence-corrected chi connectivity index (χ0v) is 16.3. The first kappa shape index (κ1) is 20.2. The minimum atomic E-state index is -2.46. The maximum atomic E-state index is 15.5. The summed E-state index contributed by atoms with van der Waals surface area (Å²) in [6.45, 7) is 2.23. The molecular formula is C24H31F3.